The van der Waals surface area contributed by atoms with Gasteiger partial charge in [-0.25, -0.2) is 4.79 Å². The van der Waals surface area contributed by atoms with Crippen molar-refractivity contribution in [1.29, 1.82) is 0 Å². The standard InChI is InChI=1S/C21H24BrN3O4/c1-13(2)10-18(25-21(28)29-12-14-6-4-3-5-7-14)20(27)24-17-9-8-15(22)11-16(17)19(23)26/h3-9,11,13,18H,10,12H2,1-2H3,(H2,23,26)(H,24,27)(H,25,28). The second-order valence-corrected chi connectivity index (χ2v) is 7.85. The fraction of sp³-hybridized carbons (Fsp3) is 0.286. The Balaban J connectivity index is 2.06. The Kier molecular flexibility index (Phi) is 8.21. The minimum Gasteiger partial charge on any atom is -0.445 e. The van der Waals surface area contributed by atoms with Crippen LogP contribution in [0, 0.1) is 5.92 Å². The molecule has 2 rings (SSSR count). The van der Waals surface area contributed by atoms with Gasteiger partial charge in [0.1, 0.15) is 12.6 Å². The molecule has 0 fully saturated rings. The van der Waals surface area contributed by atoms with Crippen molar-refractivity contribution < 1.29 is 19.1 Å². The summed E-state index contributed by atoms with van der Waals surface area (Å²) in [4.78, 5) is 36.6. The molecular formula is C21H24BrN3O4. The quantitative estimate of drug-likeness (QED) is 0.554. The van der Waals surface area contributed by atoms with Crippen LogP contribution in [0.4, 0.5) is 10.5 Å². The molecule has 0 spiro atoms. The number of ether oxygens (including phenoxy) is 1. The van der Waals surface area contributed by atoms with Gasteiger partial charge in [0.15, 0.2) is 0 Å². The van der Waals surface area contributed by atoms with Gasteiger partial charge in [-0.05, 0) is 36.1 Å². The normalized spacial score (nSPS) is 11.6. The Morgan fingerprint density at radius 1 is 1.10 bits per heavy atom. The third-order valence-corrected chi connectivity index (χ3v) is 4.53. The van der Waals surface area contributed by atoms with Crippen LogP contribution in [0.5, 0.6) is 0 Å². The molecule has 0 radical (unpaired) electrons. The minimum absolute atomic E-state index is 0.0984. The van der Waals surface area contributed by atoms with Gasteiger partial charge >= 0.3 is 6.09 Å². The van der Waals surface area contributed by atoms with Gasteiger partial charge in [0, 0.05) is 4.47 Å². The largest absolute Gasteiger partial charge is 0.445 e. The van der Waals surface area contributed by atoms with Crippen molar-refractivity contribution in [1.82, 2.24) is 5.32 Å². The third kappa shape index (κ3) is 7.23. The van der Waals surface area contributed by atoms with Crippen molar-refractivity contribution in [3.63, 3.8) is 0 Å². The number of hydrogen-bond acceptors (Lipinski definition) is 4. The second-order valence-electron chi connectivity index (χ2n) is 6.93. The van der Waals surface area contributed by atoms with Gasteiger partial charge in [0.25, 0.3) is 5.91 Å². The summed E-state index contributed by atoms with van der Waals surface area (Å²) in [6.07, 6.45) is -0.296. The molecule has 2 aromatic carbocycles. The Morgan fingerprint density at radius 2 is 1.79 bits per heavy atom. The smallest absolute Gasteiger partial charge is 0.408 e. The molecule has 0 heterocycles. The number of benzene rings is 2. The van der Waals surface area contributed by atoms with Crippen LogP contribution in [0.3, 0.4) is 0 Å². The number of carbonyl (C=O) groups is 3. The van der Waals surface area contributed by atoms with E-state index in [0.29, 0.717) is 10.9 Å². The van der Waals surface area contributed by atoms with E-state index in [-0.39, 0.29) is 23.8 Å². The number of carbonyl (C=O) groups excluding carboxylic acids is 3. The fourth-order valence-corrected chi connectivity index (χ4v) is 3.02. The van der Waals surface area contributed by atoms with E-state index in [1.807, 2.05) is 44.2 Å². The van der Waals surface area contributed by atoms with Crippen LogP contribution < -0.4 is 16.4 Å². The number of primary amides is 1. The molecule has 154 valence electrons. The topological polar surface area (TPSA) is 111 Å². The average molecular weight is 462 g/mol. The van der Waals surface area contributed by atoms with E-state index in [1.165, 1.54) is 6.07 Å². The predicted molar refractivity (Wildman–Crippen MR) is 114 cm³/mol. The van der Waals surface area contributed by atoms with Crippen molar-refractivity contribution >= 4 is 39.5 Å². The maximum absolute atomic E-state index is 12.8. The van der Waals surface area contributed by atoms with Crippen LogP contribution >= 0.6 is 15.9 Å². The van der Waals surface area contributed by atoms with Gasteiger partial charge in [-0.3, -0.25) is 9.59 Å². The highest BCUT2D eigenvalue weighted by atomic mass is 79.9. The number of nitrogens with one attached hydrogen (secondary N) is 2. The summed E-state index contributed by atoms with van der Waals surface area (Å²) in [5.74, 6) is -0.988. The lowest BCUT2D eigenvalue weighted by atomic mass is 10.0. The van der Waals surface area contributed by atoms with Gasteiger partial charge in [-0.15, -0.1) is 0 Å². The molecule has 1 atom stereocenters. The second kappa shape index (κ2) is 10.6. The summed E-state index contributed by atoms with van der Waals surface area (Å²) in [5.41, 5.74) is 6.68. The molecule has 0 aromatic heterocycles. The lowest BCUT2D eigenvalue weighted by molar-refractivity contribution is -0.118. The van der Waals surface area contributed by atoms with Crippen LogP contribution in [0.25, 0.3) is 0 Å². The highest BCUT2D eigenvalue weighted by molar-refractivity contribution is 9.10. The summed E-state index contributed by atoms with van der Waals surface area (Å²) in [6.45, 7) is 3.97. The zero-order valence-corrected chi connectivity index (χ0v) is 17.9. The summed E-state index contributed by atoms with van der Waals surface area (Å²) < 4.78 is 5.87. The van der Waals surface area contributed by atoms with Crippen molar-refractivity contribution in [2.75, 3.05) is 5.32 Å². The van der Waals surface area contributed by atoms with Gasteiger partial charge in [-0.2, -0.15) is 0 Å². The van der Waals surface area contributed by atoms with E-state index in [2.05, 4.69) is 26.6 Å². The molecule has 4 N–H and O–H groups in total. The summed E-state index contributed by atoms with van der Waals surface area (Å²) >= 11 is 3.27. The van der Waals surface area contributed by atoms with Crippen molar-refractivity contribution in [2.24, 2.45) is 11.7 Å². The number of anilines is 1. The van der Waals surface area contributed by atoms with E-state index in [4.69, 9.17) is 10.5 Å². The molecule has 0 aliphatic heterocycles. The van der Waals surface area contributed by atoms with E-state index < -0.39 is 23.9 Å². The minimum atomic E-state index is -0.831. The molecule has 3 amide bonds. The van der Waals surface area contributed by atoms with Crippen molar-refractivity contribution in [3.05, 3.63) is 64.1 Å². The van der Waals surface area contributed by atoms with Gasteiger partial charge in [-0.1, -0.05) is 60.1 Å². The predicted octanol–water partition coefficient (Wildman–Crippen LogP) is 3.83. The lowest BCUT2D eigenvalue weighted by Crippen LogP contribution is -2.45. The molecule has 8 heteroatoms. The Labute approximate surface area is 178 Å². The van der Waals surface area contributed by atoms with Crippen LogP contribution in [0.2, 0.25) is 0 Å². The number of amides is 3. The average Bonchev–Trinajstić information content (AvgIpc) is 2.67. The number of hydrogen-bond donors (Lipinski definition) is 3. The lowest BCUT2D eigenvalue weighted by Gasteiger charge is -2.20. The first-order valence-electron chi connectivity index (χ1n) is 9.13. The zero-order valence-electron chi connectivity index (χ0n) is 16.3. The van der Waals surface area contributed by atoms with E-state index in [9.17, 15) is 14.4 Å². The maximum atomic E-state index is 12.8. The third-order valence-electron chi connectivity index (χ3n) is 4.03. The van der Waals surface area contributed by atoms with E-state index in [1.54, 1.807) is 12.1 Å². The molecule has 0 aliphatic rings. The summed E-state index contributed by atoms with van der Waals surface area (Å²) in [7, 11) is 0. The SMILES string of the molecule is CC(C)CC(NC(=O)OCc1ccccc1)C(=O)Nc1ccc(Br)cc1C(N)=O. The first-order valence-corrected chi connectivity index (χ1v) is 9.93. The van der Waals surface area contributed by atoms with Crippen LogP contribution in [0.1, 0.15) is 36.2 Å². The number of nitrogens with two attached hydrogens (primary N) is 1. The van der Waals surface area contributed by atoms with Crippen LogP contribution in [0.15, 0.2) is 53.0 Å². The molecule has 1 unspecified atom stereocenters. The number of halogens is 1. The molecule has 0 saturated carbocycles. The molecule has 2 aromatic rings. The molecule has 0 saturated heterocycles. The number of rotatable bonds is 8. The van der Waals surface area contributed by atoms with E-state index >= 15 is 0 Å². The van der Waals surface area contributed by atoms with Gasteiger partial charge in [0.05, 0.1) is 11.3 Å². The Hall–Kier alpha value is -2.87. The molecule has 7 nitrogen and oxygen atoms in total. The first-order chi connectivity index (χ1) is 13.8. The zero-order chi connectivity index (χ0) is 21.4. The summed E-state index contributed by atoms with van der Waals surface area (Å²) in [5, 5.41) is 5.27. The highest BCUT2D eigenvalue weighted by Crippen LogP contribution is 2.21. The Bertz CT molecular complexity index is 871. The van der Waals surface area contributed by atoms with Gasteiger partial charge in [0.2, 0.25) is 5.91 Å². The fourth-order valence-electron chi connectivity index (χ4n) is 2.66. The molecule has 29 heavy (non-hydrogen) atoms. The Morgan fingerprint density at radius 3 is 2.41 bits per heavy atom. The van der Waals surface area contributed by atoms with Crippen LogP contribution in [-0.2, 0) is 16.1 Å². The highest BCUT2D eigenvalue weighted by Gasteiger charge is 2.24. The van der Waals surface area contributed by atoms with Gasteiger partial charge < -0.3 is 21.1 Å². The maximum Gasteiger partial charge on any atom is 0.408 e. The first kappa shape index (κ1) is 22.4. The van der Waals surface area contributed by atoms with Crippen LogP contribution in [-0.4, -0.2) is 23.9 Å². The van der Waals surface area contributed by atoms with E-state index in [0.717, 1.165) is 5.56 Å². The molecule has 0 bridgehead atoms. The molecular weight excluding hydrogens is 438 g/mol. The molecule has 0 aliphatic carbocycles. The monoisotopic (exact) mass is 461 g/mol. The van der Waals surface area contributed by atoms with Crippen molar-refractivity contribution in [2.45, 2.75) is 32.9 Å². The van der Waals surface area contributed by atoms with Crippen molar-refractivity contribution in [3.8, 4) is 0 Å². The number of alkyl carbamates (subject to hydrolysis) is 1. The summed E-state index contributed by atoms with van der Waals surface area (Å²) in [6, 6.07) is 13.2.